The lowest BCUT2D eigenvalue weighted by atomic mass is 10.1. The van der Waals surface area contributed by atoms with Gasteiger partial charge in [-0.3, -0.25) is 10.2 Å². The van der Waals surface area contributed by atoms with Crippen LogP contribution in [-0.4, -0.2) is 20.9 Å². The highest BCUT2D eigenvalue weighted by atomic mass is 32.2. The van der Waals surface area contributed by atoms with Gasteiger partial charge in [0.05, 0.1) is 16.4 Å². The van der Waals surface area contributed by atoms with Gasteiger partial charge in [0.1, 0.15) is 5.75 Å². The fraction of sp³-hybridized carbons (Fsp3) is 0.389. The number of carbonyl (C=O) groups excluding carboxylic acids is 1. The van der Waals surface area contributed by atoms with Crippen LogP contribution in [0.5, 0.6) is 5.75 Å². The van der Waals surface area contributed by atoms with Crippen LogP contribution in [0.2, 0.25) is 0 Å². The Morgan fingerprint density at radius 3 is 2.42 bits per heavy atom. The van der Waals surface area contributed by atoms with E-state index >= 15 is 0 Å². The zero-order valence-electron chi connectivity index (χ0n) is 15.2. The topological polar surface area (TPSA) is 84.5 Å². The van der Waals surface area contributed by atoms with E-state index in [-0.39, 0.29) is 4.90 Å². The van der Waals surface area contributed by atoms with Crippen molar-refractivity contribution in [3.63, 3.8) is 0 Å². The lowest BCUT2D eigenvalue weighted by Gasteiger charge is -2.08. The van der Waals surface area contributed by atoms with Crippen molar-refractivity contribution in [1.82, 2.24) is 10.3 Å². The van der Waals surface area contributed by atoms with E-state index in [2.05, 4.69) is 17.2 Å². The monoisotopic (exact) mass is 396 g/mol. The van der Waals surface area contributed by atoms with Crippen molar-refractivity contribution in [1.29, 1.82) is 0 Å². The van der Waals surface area contributed by atoms with Gasteiger partial charge in [-0.25, -0.2) is 8.42 Å². The largest absolute Gasteiger partial charge is 0.494 e. The van der Waals surface area contributed by atoms with Gasteiger partial charge in [-0.15, -0.1) is 16.2 Å². The number of ether oxygens (including phenoxy) is 1. The molecule has 1 aromatic heterocycles. The van der Waals surface area contributed by atoms with Crippen LogP contribution >= 0.6 is 11.3 Å². The van der Waals surface area contributed by atoms with E-state index in [0.717, 1.165) is 24.8 Å². The number of nitrogens with one attached hydrogen (secondary N) is 2. The van der Waals surface area contributed by atoms with Crippen LogP contribution in [-0.2, 0) is 22.9 Å². The van der Waals surface area contributed by atoms with Crippen molar-refractivity contribution >= 4 is 27.3 Å². The summed E-state index contributed by atoms with van der Waals surface area (Å²) in [7, 11) is -3.85. The number of thiophene rings is 1. The molecule has 0 aliphatic heterocycles. The van der Waals surface area contributed by atoms with Crippen molar-refractivity contribution in [3.8, 4) is 5.75 Å². The first-order valence-electron chi connectivity index (χ1n) is 8.57. The van der Waals surface area contributed by atoms with E-state index in [1.807, 2.05) is 19.9 Å². The highest BCUT2D eigenvalue weighted by Gasteiger charge is 2.18. The molecule has 0 saturated carbocycles. The number of amides is 1. The summed E-state index contributed by atoms with van der Waals surface area (Å²) < 4.78 is 29.9. The smallest absolute Gasteiger partial charge is 0.276 e. The van der Waals surface area contributed by atoms with Gasteiger partial charge in [0.2, 0.25) is 0 Å². The third kappa shape index (κ3) is 5.06. The molecule has 0 aliphatic rings. The van der Waals surface area contributed by atoms with Crippen molar-refractivity contribution in [2.75, 3.05) is 6.61 Å². The van der Waals surface area contributed by atoms with Crippen molar-refractivity contribution in [2.24, 2.45) is 0 Å². The number of aryl methyl sites for hydroxylation is 2. The number of hydrazine groups is 1. The maximum Gasteiger partial charge on any atom is 0.276 e. The predicted octanol–water partition coefficient (Wildman–Crippen LogP) is 3.29. The van der Waals surface area contributed by atoms with E-state index in [9.17, 15) is 13.2 Å². The van der Waals surface area contributed by atoms with Crippen molar-refractivity contribution in [3.05, 3.63) is 45.6 Å². The molecule has 0 aliphatic carbocycles. The molecule has 2 aromatic rings. The van der Waals surface area contributed by atoms with Crippen molar-refractivity contribution < 1.29 is 17.9 Å². The maximum atomic E-state index is 12.3. The van der Waals surface area contributed by atoms with Gasteiger partial charge >= 0.3 is 0 Å². The Bertz CT molecular complexity index is 843. The Morgan fingerprint density at radius 2 is 1.85 bits per heavy atom. The molecule has 0 atom stereocenters. The average Bonchev–Trinajstić information content (AvgIpc) is 3.04. The summed E-state index contributed by atoms with van der Waals surface area (Å²) in [6.07, 6.45) is 2.76. The molecule has 0 fully saturated rings. The predicted molar refractivity (Wildman–Crippen MR) is 103 cm³/mol. The minimum absolute atomic E-state index is 0.0494. The number of carbonyl (C=O) groups is 1. The van der Waals surface area contributed by atoms with Gasteiger partial charge in [-0.2, -0.15) is 0 Å². The van der Waals surface area contributed by atoms with E-state index in [1.54, 1.807) is 12.1 Å². The third-order valence-electron chi connectivity index (χ3n) is 3.72. The van der Waals surface area contributed by atoms with Gasteiger partial charge in [-0.1, -0.05) is 20.3 Å². The molecule has 8 heteroatoms. The quantitative estimate of drug-likeness (QED) is 0.637. The Morgan fingerprint density at radius 1 is 1.15 bits per heavy atom. The number of sulfonamides is 1. The average molecular weight is 397 g/mol. The standard InChI is InChI=1S/C18H24N2O4S2/c1-4-7-16-13(5-2)12-17(25-16)18(21)19-20-26(22,23)15-10-8-14(9-11-15)24-6-3/h8-12,20H,4-7H2,1-3H3,(H,19,21). The van der Waals surface area contributed by atoms with E-state index in [0.29, 0.717) is 17.2 Å². The van der Waals surface area contributed by atoms with E-state index < -0.39 is 15.9 Å². The molecular weight excluding hydrogens is 372 g/mol. The zero-order chi connectivity index (χ0) is 19.2. The van der Waals surface area contributed by atoms with E-state index in [4.69, 9.17) is 4.74 Å². The van der Waals surface area contributed by atoms with Gasteiger partial charge in [0.15, 0.2) is 0 Å². The van der Waals surface area contributed by atoms with Gasteiger partial charge in [-0.05, 0) is 55.7 Å². The normalized spacial score (nSPS) is 11.3. The number of benzene rings is 1. The Balaban J connectivity index is 2.05. The second-order valence-corrected chi connectivity index (χ2v) is 8.45. The minimum Gasteiger partial charge on any atom is -0.494 e. The lowest BCUT2D eigenvalue weighted by Crippen LogP contribution is -2.41. The minimum atomic E-state index is -3.85. The summed E-state index contributed by atoms with van der Waals surface area (Å²) >= 11 is 1.41. The molecule has 0 unspecified atom stereocenters. The number of hydrogen-bond acceptors (Lipinski definition) is 5. The number of rotatable bonds is 9. The van der Waals surface area contributed by atoms with Gasteiger partial charge in [0, 0.05) is 4.88 Å². The Hall–Kier alpha value is -1.90. The first-order valence-corrected chi connectivity index (χ1v) is 10.9. The molecule has 2 rings (SSSR count). The third-order valence-corrected chi connectivity index (χ3v) is 6.22. The first-order chi connectivity index (χ1) is 12.4. The van der Waals surface area contributed by atoms with Crippen LogP contribution in [0.15, 0.2) is 35.2 Å². The zero-order valence-corrected chi connectivity index (χ0v) is 16.8. The Labute approximate surface area is 158 Å². The van der Waals surface area contributed by atoms with Gasteiger partial charge in [0.25, 0.3) is 15.9 Å². The first kappa shape index (κ1) is 20.4. The molecule has 0 saturated heterocycles. The number of hydrogen-bond donors (Lipinski definition) is 2. The van der Waals surface area contributed by atoms with Crippen LogP contribution in [0, 0.1) is 0 Å². The molecule has 6 nitrogen and oxygen atoms in total. The summed E-state index contributed by atoms with van der Waals surface area (Å²) in [4.78, 5) is 16.2. The maximum absolute atomic E-state index is 12.3. The highest BCUT2D eigenvalue weighted by Crippen LogP contribution is 2.24. The summed E-state index contributed by atoms with van der Waals surface area (Å²) in [6, 6.07) is 7.84. The summed E-state index contributed by atoms with van der Waals surface area (Å²) in [6.45, 7) is 6.48. The van der Waals surface area contributed by atoms with Crippen molar-refractivity contribution in [2.45, 2.75) is 44.9 Å². The summed E-state index contributed by atoms with van der Waals surface area (Å²) in [5.74, 6) is 0.131. The molecule has 0 radical (unpaired) electrons. The Kier molecular flexibility index (Phi) is 7.19. The second-order valence-electron chi connectivity index (χ2n) is 5.63. The molecule has 1 heterocycles. The lowest BCUT2D eigenvalue weighted by molar-refractivity contribution is 0.0949. The summed E-state index contributed by atoms with van der Waals surface area (Å²) in [5.41, 5.74) is 3.42. The van der Waals surface area contributed by atoms with Crippen LogP contribution in [0.25, 0.3) is 0 Å². The van der Waals surface area contributed by atoms with E-state index in [1.165, 1.54) is 28.3 Å². The molecule has 0 bridgehead atoms. The molecular formula is C18H24N2O4S2. The van der Waals surface area contributed by atoms with Crippen LogP contribution < -0.4 is 15.0 Å². The highest BCUT2D eigenvalue weighted by molar-refractivity contribution is 7.89. The fourth-order valence-corrected chi connectivity index (χ4v) is 4.52. The molecule has 2 N–H and O–H groups in total. The van der Waals surface area contributed by atoms with Crippen LogP contribution in [0.3, 0.4) is 0 Å². The van der Waals surface area contributed by atoms with Crippen LogP contribution in [0.4, 0.5) is 0 Å². The fourth-order valence-electron chi connectivity index (χ4n) is 2.43. The molecule has 1 aromatic carbocycles. The molecule has 26 heavy (non-hydrogen) atoms. The SMILES string of the molecule is CCCc1sc(C(=O)NNS(=O)(=O)c2ccc(OCC)cc2)cc1CC. The molecule has 0 spiro atoms. The second kappa shape index (κ2) is 9.16. The van der Waals surface area contributed by atoms with Crippen LogP contribution in [0.1, 0.15) is 47.3 Å². The summed E-state index contributed by atoms with van der Waals surface area (Å²) in [5, 5.41) is 0. The van der Waals surface area contributed by atoms with Gasteiger partial charge < -0.3 is 4.74 Å². The molecule has 1 amide bonds. The molecule has 142 valence electrons.